The molecule has 0 aromatic heterocycles. The highest BCUT2D eigenvalue weighted by Gasteiger charge is 2.44. The molecule has 5 heteroatoms. The number of carbonyl (C=O) groups is 2. The normalized spacial score (nSPS) is 20.7. The highest BCUT2D eigenvalue weighted by Crippen LogP contribution is 2.31. The molecule has 1 heterocycles. The maximum Gasteiger partial charge on any atom is 0.338 e. The molecule has 5 nitrogen and oxygen atoms in total. The molecule has 1 unspecified atom stereocenters. The van der Waals surface area contributed by atoms with Gasteiger partial charge in [0.05, 0.1) is 12.2 Å². The number of aliphatic hydroxyl groups is 1. The van der Waals surface area contributed by atoms with Crippen LogP contribution in [0.5, 0.6) is 0 Å². The van der Waals surface area contributed by atoms with Crippen molar-refractivity contribution in [3.05, 3.63) is 47.5 Å². The van der Waals surface area contributed by atoms with Crippen molar-refractivity contribution in [3.8, 4) is 0 Å². The van der Waals surface area contributed by atoms with Crippen LogP contribution in [0, 0.1) is 0 Å². The smallest absolute Gasteiger partial charge is 0.338 e. The quantitative estimate of drug-likeness (QED) is 0.357. The number of hydrogen-bond donors (Lipinski definition) is 1. The lowest BCUT2D eigenvalue weighted by Crippen LogP contribution is -2.39. The van der Waals surface area contributed by atoms with E-state index in [0.717, 1.165) is 19.3 Å². The molecule has 1 fully saturated rings. The number of benzene rings is 1. The van der Waals surface area contributed by atoms with E-state index in [-0.39, 0.29) is 19.6 Å². The summed E-state index contributed by atoms with van der Waals surface area (Å²) in [5, 5.41) is 9.73. The zero-order valence-corrected chi connectivity index (χ0v) is 16.1. The summed E-state index contributed by atoms with van der Waals surface area (Å²) in [4.78, 5) is 24.2. The molecule has 1 aromatic carbocycles. The van der Waals surface area contributed by atoms with Crippen molar-refractivity contribution in [1.82, 2.24) is 0 Å². The first kappa shape index (κ1) is 21.2. The van der Waals surface area contributed by atoms with Gasteiger partial charge in [-0.15, -0.1) is 0 Å². The number of rotatable bonds is 11. The van der Waals surface area contributed by atoms with Gasteiger partial charge in [-0.05, 0) is 25.0 Å². The van der Waals surface area contributed by atoms with Gasteiger partial charge in [0.2, 0.25) is 0 Å². The van der Waals surface area contributed by atoms with Crippen LogP contribution in [0.2, 0.25) is 0 Å². The molecule has 1 aliphatic rings. The van der Waals surface area contributed by atoms with E-state index in [1.54, 1.807) is 24.3 Å². The van der Waals surface area contributed by atoms with Gasteiger partial charge in [-0.25, -0.2) is 9.59 Å². The van der Waals surface area contributed by atoms with Gasteiger partial charge >= 0.3 is 11.9 Å². The Kier molecular flexibility index (Phi) is 8.52. The van der Waals surface area contributed by atoms with Gasteiger partial charge in [0, 0.05) is 12.0 Å². The average molecular weight is 374 g/mol. The van der Waals surface area contributed by atoms with E-state index in [0.29, 0.717) is 11.1 Å². The van der Waals surface area contributed by atoms with Gasteiger partial charge in [0.1, 0.15) is 6.61 Å². The maximum absolute atomic E-state index is 12.1. The van der Waals surface area contributed by atoms with Crippen molar-refractivity contribution < 1.29 is 24.2 Å². The van der Waals surface area contributed by atoms with Crippen LogP contribution >= 0.6 is 0 Å². The van der Waals surface area contributed by atoms with Crippen LogP contribution in [0.3, 0.4) is 0 Å². The second-order valence-corrected chi connectivity index (χ2v) is 7.14. The molecule has 0 spiro atoms. The van der Waals surface area contributed by atoms with Gasteiger partial charge < -0.3 is 14.6 Å². The minimum absolute atomic E-state index is 0.155. The number of aliphatic hydroxyl groups excluding tert-OH is 1. The highest BCUT2D eigenvalue weighted by molar-refractivity contribution is 5.92. The summed E-state index contributed by atoms with van der Waals surface area (Å²) in [7, 11) is 0. The van der Waals surface area contributed by atoms with Crippen LogP contribution in [0.4, 0.5) is 0 Å². The fourth-order valence-electron chi connectivity index (χ4n) is 3.14. The minimum Gasteiger partial charge on any atom is -0.458 e. The van der Waals surface area contributed by atoms with Crippen LogP contribution in [0.25, 0.3) is 0 Å². The SMILES string of the molecule is CCCCCCCC/C=C1\CC(CO)(COC(=O)c2ccccc2)OC1=O. The Morgan fingerprint density at radius 1 is 1.19 bits per heavy atom. The first-order chi connectivity index (χ1) is 13.1. The fourth-order valence-corrected chi connectivity index (χ4v) is 3.14. The summed E-state index contributed by atoms with van der Waals surface area (Å²) in [6.07, 6.45) is 10.2. The van der Waals surface area contributed by atoms with E-state index in [1.165, 1.54) is 25.7 Å². The molecule has 1 N–H and O–H groups in total. The molecule has 0 aliphatic carbocycles. The Balaban J connectivity index is 1.82. The Bertz CT molecular complexity index is 637. The molecule has 1 atom stereocenters. The van der Waals surface area contributed by atoms with Gasteiger partial charge in [-0.1, -0.05) is 63.3 Å². The minimum atomic E-state index is -1.17. The summed E-state index contributed by atoms with van der Waals surface area (Å²) in [6.45, 7) is 1.66. The summed E-state index contributed by atoms with van der Waals surface area (Å²) in [5.74, 6) is -0.922. The first-order valence-corrected chi connectivity index (χ1v) is 9.85. The Hall–Kier alpha value is -2.14. The van der Waals surface area contributed by atoms with Gasteiger partial charge in [-0.3, -0.25) is 0 Å². The summed E-state index contributed by atoms with van der Waals surface area (Å²) in [6, 6.07) is 8.61. The van der Waals surface area contributed by atoms with Crippen LogP contribution in [-0.4, -0.2) is 35.9 Å². The molecule has 148 valence electrons. The standard InChI is InChI=1S/C22H30O5/c1-2-3-4-5-6-7-9-14-19-15-22(16-23,27-21(19)25)17-26-20(24)18-12-10-8-11-13-18/h8,10-14,23H,2-7,9,15-17H2,1H3/b19-14+. The summed E-state index contributed by atoms with van der Waals surface area (Å²) < 4.78 is 10.7. The van der Waals surface area contributed by atoms with Crippen molar-refractivity contribution in [2.24, 2.45) is 0 Å². The molecular formula is C22H30O5. The van der Waals surface area contributed by atoms with E-state index >= 15 is 0 Å². The maximum atomic E-state index is 12.1. The fraction of sp³-hybridized carbons (Fsp3) is 0.545. The molecule has 0 bridgehead atoms. The van der Waals surface area contributed by atoms with Gasteiger partial charge in [0.25, 0.3) is 0 Å². The third-order valence-electron chi connectivity index (χ3n) is 4.80. The van der Waals surface area contributed by atoms with Crippen LogP contribution < -0.4 is 0 Å². The number of ether oxygens (including phenoxy) is 2. The van der Waals surface area contributed by atoms with E-state index in [4.69, 9.17) is 9.47 Å². The molecular weight excluding hydrogens is 344 g/mol. The number of unbranched alkanes of at least 4 members (excludes halogenated alkanes) is 6. The monoisotopic (exact) mass is 374 g/mol. The van der Waals surface area contributed by atoms with Gasteiger partial charge in [-0.2, -0.15) is 0 Å². The third-order valence-corrected chi connectivity index (χ3v) is 4.80. The topological polar surface area (TPSA) is 72.8 Å². The lowest BCUT2D eigenvalue weighted by Gasteiger charge is -2.24. The molecule has 0 radical (unpaired) electrons. The van der Waals surface area contributed by atoms with E-state index in [9.17, 15) is 14.7 Å². The lowest BCUT2D eigenvalue weighted by molar-refractivity contribution is -0.154. The third kappa shape index (κ3) is 6.51. The summed E-state index contributed by atoms with van der Waals surface area (Å²) >= 11 is 0. The van der Waals surface area contributed by atoms with E-state index in [1.807, 2.05) is 12.1 Å². The number of esters is 2. The van der Waals surface area contributed by atoms with Crippen molar-refractivity contribution in [1.29, 1.82) is 0 Å². The molecule has 0 amide bonds. The predicted molar refractivity (Wildman–Crippen MR) is 103 cm³/mol. The molecule has 1 aliphatic heterocycles. The number of carbonyl (C=O) groups excluding carboxylic acids is 2. The zero-order valence-electron chi connectivity index (χ0n) is 16.1. The number of allylic oxidation sites excluding steroid dienone is 1. The molecule has 27 heavy (non-hydrogen) atoms. The zero-order chi connectivity index (χ0) is 19.5. The Morgan fingerprint density at radius 2 is 1.89 bits per heavy atom. The molecule has 1 saturated heterocycles. The number of hydrogen-bond acceptors (Lipinski definition) is 5. The van der Waals surface area contributed by atoms with Crippen molar-refractivity contribution in [3.63, 3.8) is 0 Å². The number of cyclic esters (lactones) is 1. The van der Waals surface area contributed by atoms with Crippen molar-refractivity contribution in [2.75, 3.05) is 13.2 Å². The first-order valence-electron chi connectivity index (χ1n) is 9.85. The second-order valence-electron chi connectivity index (χ2n) is 7.14. The largest absolute Gasteiger partial charge is 0.458 e. The molecule has 2 rings (SSSR count). The molecule has 1 aromatic rings. The van der Waals surface area contributed by atoms with Crippen LogP contribution in [-0.2, 0) is 14.3 Å². The summed E-state index contributed by atoms with van der Waals surface area (Å²) in [5.41, 5.74) is -0.184. The van der Waals surface area contributed by atoms with Crippen LogP contribution in [0.15, 0.2) is 42.0 Å². The Labute approximate surface area is 161 Å². The van der Waals surface area contributed by atoms with E-state index in [2.05, 4.69) is 6.92 Å². The lowest BCUT2D eigenvalue weighted by atomic mass is 9.98. The molecule has 0 saturated carbocycles. The van der Waals surface area contributed by atoms with Crippen LogP contribution in [0.1, 0.15) is 68.6 Å². The predicted octanol–water partition coefficient (Wildman–Crippen LogP) is 4.20. The van der Waals surface area contributed by atoms with E-state index < -0.39 is 17.5 Å². The van der Waals surface area contributed by atoms with Crippen molar-refractivity contribution >= 4 is 11.9 Å². The average Bonchev–Trinajstić information content (AvgIpc) is 3.02. The highest BCUT2D eigenvalue weighted by atomic mass is 16.6. The Morgan fingerprint density at radius 3 is 2.59 bits per heavy atom. The van der Waals surface area contributed by atoms with Crippen molar-refractivity contribution in [2.45, 2.75) is 63.9 Å². The van der Waals surface area contributed by atoms with Gasteiger partial charge in [0.15, 0.2) is 5.60 Å². The second kappa shape index (κ2) is 10.9.